The van der Waals surface area contributed by atoms with Crippen LogP contribution in [-0.4, -0.2) is 16.2 Å². The number of halogens is 3. The molecule has 0 spiro atoms. The molecule has 0 atom stereocenters. The van der Waals surface area contributed by atoms with E-state index in [4.69, 9.17) is 11.6 Å². The first kappa shape index (κ1) is 15.8. The predicted molar refractivity (Wildman–Crippen MR) is 90.4 cm³/mol. The highest BCUT2D eigenvalue weighted by atomic mass is 79.9. The predicted octanol–water partition coefficient (Wildman–Crippen LogP) is 5.35. The number of carbonyl (C=O) groups is 1. The summed E-state index contributed by atoms with van der Waals surface area (Å²) in [6.07, 6.45) is 0. The van der Waals surface area contributed by atoms with Gasteiger partial charge in [-0.05, 0) is 76.4 Å². The van der Waals surface area contributed by atoms with Crippen LogP contribution in [0.4, 0.5) is 0 Å². The number of hydrogen-bond acceptors (Lipinski definition) is 1. The van der Waals surface area contributed by atoms with Gasteiger partial charge >= 0.3 is 0 Å². The van der Waals surface area contributed by atoms with Gasteiger partial charge in [0.1, 0.15) is 0 Å². The maximum absolute atomic E-state index is 11.9. The third-order valence-electron chi connectivity index (χ3n) is 3.24. The Morgan fingerprint density at radius 1 is 1.15 bits per heavy atom. The second-order valence-electron chi connectivity index (χ2n) is 4.75. The number of alkyl halides is 1. The van der Waals surface area contributed by atoms with E-state index in [0.717, 1.165) is 31.6 Å². The molecule has 1 heterocycles. The van der Waals surface area contributed by atoms with Gasteiger partial charge < -0.3 is 4.57 Å². The van der Waals surface area contributed by atoms with Gasteiger partial charge in [0.15, 0.2) is 5.78 Å². The fraction of sp³-hybridized carbons (Fsp3) is 0.267. The van der Waals surface area contributed by atoms with E-state index < -0.39 is 0 Å². The number of aryl methyl sites for hydroxylation is 2. The van der Waals surface area contributed by atoms with Crippen molar-refractivity contribution in [2.24, 2.45) is 0 Å². The lowest BCUT2D eigenvalue weighted by Gasteiger charge is -2.15. The molecule has 0 unspecified atom stereocenters. The second kappa shape index (κ2) is 6.04. The molecule has 0 fully saturated rings. The number of hydrogen-bond donors (Lipinski definition) is 0. The van der Waals surface area contributed by atoms with E-state index in [2.05, 4.69) is 48.6 Å². The van der Waals surface area contributed by atoms with Crippen molar-refractivity contribution in [3.63, 3.8) is 0 Å². The Hall–Kier alpha value is -0.580. The lowest BCUT2D eigenvalue weighted by atomic mass is 10.2. The van der Waals surface area contributed by atoms with Crippen LogP contribution in [-0.2, 0) is 0 Å². The van der Waals surface area contributed by atoms with Crippen molar-refractivity contribution >= 4 is 49.2 Å². The summed E-state index contributed by atoms with van der Waals surface area (Å²) in [6.45, 7) is 5.96. The van der Waals surface area contributed by atoms with E-state index >= 15 is 0 Å². The molecule has 1 aromatic carbocycles. The zero-order valence-corrected chi connectivity index (χ0v) is 15.4. The Balaban J connectivity index is 2.71. The maximum Gasteiger partial charge on any atom is 0.179 e. The lowest BCUT2D eigenvalue weighted by molar-refractivity contribution is 0.102. The van der Waals surface area contributed by atoms with Crippen LogP contribution in [0.1, 0.15) is 27.3 Å². The van der Waals surface area contributed by atoms with Gasteiger partial charge in [0.25, 0.3) is 0 Å². The Labute approximate surface area is 140 Å². The monoisotopic (exact) mass is 417 g/mol. The van der Waals surface area contributed by atoms with Gasteiger partial charge in [0, 0.05) is 25.9 Å². The van der Waals surface area contributed by atoms with Gasteiger partial charge in [0.05, 0.1) is 11.6 Å². The Bertz CT molecular complexity index is 668. The number of carbonyl (C=O) groups excluding carboxylic acids is 1. The van der Waals surface area contributed by atoms with Gasteiger partial charge in [-0.3, -0.25) is 4.79 Å². The summed E-state index contributed by atoms with van der Waals surface area (Å²) < 4.78 is 4.03. The van der Waals surface area contributed by atoms with Crippen LogP contribution in [0.5, 0.6) is 0 Å². The molecule has 2 rings (SSSR count). The number of ketones is 1. The largest absolute Gasteiger partial charge is 0.316 e. The topological polar surface area (TPSA) is 22.0 Å². The Kier molecular flexibility index (Phi) is 4.77. The average Bonchev–Trinajstić information content (AvgIpc) is 2.65. The van der Waals surface area contributed by atoms with Crippen molar-refractivity contribution in [1.29, 1.82) is 0 Å². The Morgan fingerprint density at radius 2 is 1.70 bits per heavy atom. The molecular formula is C15H14Br2ClNO. The fourth-order valence-electron chi connectivity index (χ4n) is 2.37. The zero-order valence-electron chi connectivity index (χ0n) is 11.4. The fourth-order valence-corrected chi connectivity index (χ4v) is 4.28. The summed E-state index contributed by atoms with van der Waals surface area (Å²) in [4.78, 5) is 11.9. The molecule has 0 aliphatic carbocycles. The third-order valence-corrected chi connectivity index (χ3v) is 4.69. The van der Waals surface area contributed by atoms with Crippen molar-refractivity contribution in [3.05, 3.63) is 49.7 Å². The second-order valence-corrected chi connectivity index (χ2v) is 6.73. The Morgan fingerprint density at radius 3 is 2.20 bits per heavy atom. The van der Waals surface area contributed by atoms with Crippen molar-refractivity contribution in [1.82, 2.24) is 4.57 Å². The highest BCUT2D eigenvalue weighted by Crippen LogP contribution is 2.34. The van der Waals surface area contributed by atoms with Gasteiger partial charge in [-0.15, -0.1) is 11.6 Å². The third kappa shape index (κ3) is 2.74. The highest BCUT2D eigenvalue weighted by molar-refractivity contribution is 9.11. The number of Topliss-reactive ketones (excluding diaryl/α,β-unsaturated/α-hetero) is 1. The molecule has 2 aromatic rings. The first-order valence-electron chi connectivity index (χ1n) is 6.11. The molecule has 0 saturated heterocycles. The van der Waals surface area contributed by atoms with Gasteiger partial charge in [-0.25, -0.2) is 0 Å². The summed E-state index contributed by atoms with van der Waals surface area (Å²) in [5.74, 6) is -0.0501. The summed E-state index contributed by atoms with van der Waals surface area (Å²) in [5, 5.41) is 0. The molecule has 0 saturated carbocycles. The van der Waals surface area contributed by atoms with Crippen LogP contribution in [0.15, 0.2) is 27.1 Å². The molecule has 0 bridgehead atoms. The first-order chi connectivity index (χ1) is 9.36. The minimum Gasteiger partial charge on any atom is -0.316 e. The zero-order chi connectivity index (χ0) is 15.0. The van der Waals surface area contributed by atoms with Crippen molar-refractivity contribution < 1.29 is 4.79 Å². The molecule has 1 aromatic heterocycles. The average molecular weight is 420 g/mol. The SMILES string of the molecule is Cc1cc(Br)c(-n2c(C)cc(C(=O)CCl)c2C)c(Br)c1. The van der Waals surface area contributed by atoms with Crippen LogP contribution < -0.4 is 0 Å². The quantitative estimate of drug-likeness (QED) is 0.486. The lowest BCUT2D eigenvalue weighted by Crippen LogP contribution is -2.05. The molecular weight excluding hydrogens is 405 g/mol. The van der Waals surface area contributed by atoms with Crippen molar-refractivity contribution in [3.8, 4) is 5.69 Å². The highest BCUT2D eigenvalue weighted by Gasteiger charge is 2.19. The van der Waals surface area contributed by atoms with Crippen LogP contribution in [0, 0.1) is 20.8 Å². The molecule has 0 radical (unpaired) electrons. The first-order valence-corrected chi connectivity index (χ1v) is 8.23. The summed E-state index contributed by atoms with van der Waals surface area (Å²) in [5.41, 5.74) is 4.74. The molecule has 0 aliphatic rings. The van der Waals surface area contributed by atoms with Crippen LogP contribution >= 0.6 is 43.5 Å². The summed E-state index contributed by atoms with van der Waals surface area (Å²) >= 11 is 12.9. The molecule has 20 heavy (non-hydrogen) atoms. The molecule has 0 aliphatic heterocycles. The van der Waals surface area contributed by atoms with Gasteiger partial charge in [-0.1, -0.05) is 0 Å². The van der Waals surface area contributed by atoms with E-state index in [1.54, 1.807) is 0 Å². The van der Waals surface area contributed by atoms with Crippen molar-refractivity contribution in [2.75, 3.05) is 5.88 Å². The van der Waals surface area contributed by atoms with Crippen LogP contribution in [0.3, 0.4) is 0 Å². The van der Waals surface area contributed by atoms with E-state index in [1.165, 1.54) is 0 Å². The van der Waals surface area contributed by atoms with Crippen LogP contribution in [0.25, 0.3) is 5.69 Å². The van der Waals surface area contributed by atoms with E-state index in [-0.39, 0.29) is 11.7 Å². The number of benzene rings is 1. The normalized spacial score (nSPS) is 10.9. The molecule has 0 N–H and O–H groups in total. The van der Waals surface area contributed by atoms with E-state index in [0.29, 0.717) is 5.56 Å². The van der Waals surface area contributed by atoms with Crippen molar-refractivity contribution in [2.45, 2.75) is 20.8 Å². The molecule has 2 nitrogen and oxygen atoms in total. The number of aromatic nitrogens is 1. The number of rotatable bonds is 3. The molecule has 106 valence electrons. The van der Waals surface area contributed by atoms with E-state index in [1.807, 2.05) is 26.8 Å². The minimum absolute atomic E-state index is 0.000526. The van der Waals surface area contributed by atoms with Crippen LogP contribution in [0.2, 0.25) is 0 Å². The number of nitrogens with zero attached hydrogens (tertiary/aromatic N) is 1. The summed E-state index contributed by atoms with van der Waals surface area (Å²) in [7, 11) is 0. The standard InChI is InChI=1S/C15H14Br2ClNO/c1-8-4-12(16)15(13(17)5-8)19-9(2)6-11(10(19)3)14(20)7-18/h4-6H,7H2,1-3H3. The van der Waals surface area contributed by atoms with Gasteiger partial charge in [-0.2, -0.15) is 0 Å². The summed E-state index contributed by atoms with van der Waals surface area (Å²) in [6, 6.07) is 6.00. The molecule has 5 heteroatoms. The van der Waals surface area contributed by atoms with Gasteiger partial charge in [0.2, 0.25) is 0 Å². The van der Waals surface area contributed by atoms with E-state index in [9.17, 15) is 4.79 Å². The maximum atomic E-state index is 11.9. The minimum atomic E-state index is -0.0506. The smallest absolute Gasteiger partial charge is 0.179 e. The molecule has 0 amide bonds.